The average Bonchev–Trinajstić information content (AvgIpc) is 2.65. The van der Waals surface area contributed by atoms with Gasteiger partial charge in [-0.15, -0.1) is 0 Å². The topological polar surface area (TPSA) is 52.9 Å². The molecule has 0 saturated carbocycles. The summed E-state index contributed by atoms with van der Waals surface area (Å²) >= 11 is 9.56. The number of nitrogens with one attached hydrogen (secondary N) is 1. The summed E-state index contributed by atoms with van der Waals surface area (Å²) in [6.45, 7) is 0. The molecule has 3 rings (SSSR count). The largest absolute Gasteiger partial charge is 0.345 e. The highest BCUT2D eigenvalue weighted by molar-refractivity contribution is 9.10. The second kappa shape index (κ2) is 4.36. The number of benzene rings is 1. The fourth-order valence-electron chi connectivity index (χ4n) is 2.90. The third-order valence-corrected chi connectivity index (χ3v) is 4.52. The van der Waals surface area contributed by atoms with Gasteiger partial charge in [-0.3, -0.25) is 4.79 Å². The maximum atomic E-state index is 11.9. The summed E-state index contributed by atoms with van der Waals surface area (Å²) < 4.78 is 1.03. The Morgan fingerprint density at radius 3 is 2.74 bits per heavy atom. The van der Waals surface area contributed by atoms with Crippen LogP contribution in [0.1, 0.15) is 17.5 Å². The van der Waals surface area contributed by atoms with Crippen molar-refractivity contribution in [2.24, 2.45) is 0 Å². The van der Waals surface area contributed by atoms with E-state index >= 15 is 0 Å². The maximum Gasteiger partial charge on any atom is 0.263 e. The lowest BCUT2D eigenvalue weighted by atomic mass is 9.87. The Labute approximate surface area is 124 Å². The Bertz CT molecular complexity index is 662. The molecule has 1 unspecified atom stereocenters. The second-order valence-corrected chi connectivity index (χ2v) is 6.44. The van der Waals surface area contributed by atoms with Crippen molar-refractivity contribution in [2.45, 2.75) is 24.8 Å². The fraction of sp³-hybridized carbons (Fsp3) is 0.286. The van der Waals surface area contributed by atoms with Gasteiger partial charge < -0.3 is 5.32 Å². The summed E-state index contributed by atoms with van der Waals surface area (Å²) in [6, 6.07) is 8.01. The molecular formula is C14H10BrClN2O. The first-order valence-electron chi connectivity index (χ1n) is 5.92. The van der Waals surface area contributed by atoms with E-state index in [1.54, 1.807) is 0 Å². The van der Waals surface area contributed by atoms with Crippen molar-refractivity contribution in [3.63, 3.8) is 0 Å². The van der Waals surface area contributed by atoms with E-state index in [1.165, 1.54) is 11.1 Å². The lowest BCUT2D eigenvalue weighted by Crippen LogP contribution is -2.52. The Morgan fingerprint density at radius 2 is 2.05 bits per heavy atom. The molecule has 3 nitrogen and oxygen atoms in total. The lowest BCUT2D eigenvalue weighted by molar-refractivity contribution is -0.119. The third kappa shape index (κ3) is 2.07. The number of hydrogen-bond acceptors (Lipinski definition) is 2. The van der Waals surface area contributed by atoms with Gasteiger partial charge in [0.15, 0.2) is 0 Å². The van der Waals surface area contributed by atoms with Crippen LogP contribution in [0, 0.1) is 11.3 Å². The van der Waals surface area contributed by atoms with Gasteiger partial charge in [0.1, 0.15) is 11.6 Å². The molecule has 2 aliphatic rings. The van der Waals surface area contributed by atoms with Crippen LogP contribution in [-0.2, 0) is 17.6 Å². The van der Waals surface area contributed by atoms with E-state index < -0.39 is 0 Å². The highest BCUT2D eigenvalue weighted by Gasteiger charge is 2.43. The van der Waals surface area contributed by atoms with Gasteiger partial charge in [-0.25, -0.2) is 0 Å². The zero-order chi connectivity index (χ0) is 13.6. The molecule has 0 fully saturated rings. The highest BCUT2D eigenvalue weighted by Crippen LogP contribution is 2.39. The third-order valence-electron chi connectivity index (χ3n) is 3.71. The molecule has 5 heteroatoms. The fourth-order valence-corrected chi connectivity index (χ4v) is 3.70. The molecule has 0 radical (unpaired) electrons. The first-order valence-corrected chi connectivity index (χ1v) is 7.09. The van der Waals surface area contributed by atoms with Gasteiger partial charge in [0, 0.05) is 15.9 Å². The number of fused-ring (bicyclic) bond motifs is 1. The number of rotatable bonds is 0. The molecule has 1 N–H and O–H groups in total. The molecular weight excluding hydrogens is 328 g/mol. The predicted molar refractivity (Wildman–Crippen MR) is 75.5 cm³/mol. The van der Waals surface area contributed by atoms with Gasteiger partial charge in [-0.2, -0.15) is 5.26 Å². The van der Waals surface area contributed by atoms with Gasteiger partial charge in [-0.05, 0) is 36.1 Å². The Kier molecular flexibility index (Phi) is 2.92. The van der Waals surface area contributed by atoms with Crippen LogP contribution in [0.4, 0.5) is 0 Å². The van der Waals surface area contributed by atoms with Gasteiger partial charge >= 0.3 is 0 Å². The van der Waals surface area contributed by atoms with E-state index in [0.29, 0.717) is 11.5 Å². The second-order valence-electron chi connectivity index (χ2n) is 5.07. The molecule has 0 aromatic heterocycles. The van der Waals surface area contributed by atoms with Gasteiger partial charge in [0.05, 0.1) is 5.54 Å². The molecule has 0 saturated heterocycles. The van der Waals surface area contributed by atoms with Crippen LogP contribution in [0.15, 0.2) is 33.3 Å². The van der Waals surface area contributed by atoms with Crippen LogP contribution in [0.25, 0.3) is 0 Å². The van der Waals surface area contributed by atoms with Crippen LogP contribution in [0.5, 0.6) is 0 Å². The number of nitriles is 1. The Balaban J connectivity index is 1.97. The van der Waals surface area contributed by atoms with E-state index in [0.717, 1.165) is 17.3 Å². The van der Waals surface area contributed by atoms with E-state index in [4.69, 9.17) is 16.9 Å². The molecule has 96 valence electrons. The minimum atomic E-state index is -0.363. The van der Waals surface area contributed by atoms with Gasteiger partial charge in [0.2, 0.25) is 0 Å². The minimum Gasteiger partial charge on any atom is -0.345 e. The molecule has 1 aliphatic carbocycles. The minimum absolute atomic E-state index is 0.0458. The SMILES string of the molecule is N#CC1=C(Cl)CC2(Cc3ccc(Br)cc3C2)NC1=O. The maximum absolute atomic E-state index is 11.9. The molecule has 1 aromatic carbocycles. The summed E-state index contributed by atoms with van der Waals surface area (Å²) in [4.78, 5) is 11.9. The van der Waals surface area contributed by atoms with Crippen LogP contribution in [0.2, 0.25) is 0 Å². The molecule has 1 aromatic rings. The number of amides is 1. The molecule has 1 aliphatic heterocycles. The number of carbonyl (C=O) groups excluding carboxylic acids is 1. The lowest BCUT2D eigenvalue weighted by Gasteiger charge is -2.33. The number of carbonyl (C=O) groups is 1. The van der Waals surface area contributed by atoms with E-state index in [9.17, 15) is 4.79 Å². The standard InChI is InChI=1S/C14H10BrClN2O/c15-10-2-1-8-4-14(5-9(8)3-10)6-12(16)11(7-17)13(19)18-14/h1-3H,4-6H2,(H,18,19). The van der Waals surface area contributed by atoms with Crippen molar-refractivity contribution < 1.29 is 4.79 Å². The summed E-state index contributed by atoms with van der Waals surface area (Å²) in [7, 11) is 0. The Hall–Kier alpha value is -1.31. The van der Waals surface area contributed by atoms with Crippen LogP contribution < -0.4 is 5.32 Å². The van der Waals surface area contributed by atoms with Crippen molar-refractivity contribution in [3.8, 4) is 6.07 Å². The molecule has 1 atom stereocenters. The van der Waals surface area contributed by atoms with Gasteiger partial charge in [-0.1, -0.05) is 33.6 Å². The average molecular weight is 338 g/mol. The zero-order valence-corrected chi connectivity index (χ0v) is 12.3. The summed E-state index contributed by atoms with van der Waals surface area (Å²) in [5.41, 5.74) is 2.13. The number of hydrogen-bond donors (Lipinski definition) is 1. The van der Waals surface area contributed by atoms with Crippen molar-refractivity contribution in [3.05, 3.63) is 44.4 Å². The van der Waals surface area contributed by atoms with E-state index in [-0.39, 0.29) is 17.0 Å². The smallest absolute Gasteiger partial charge is 0.263 e. The molecule has 1 amide bonds. The van der Waals surface area contributed by atoms with E-state index in [1.807, 2.05) is 12.1 Å². The number of nitrogens with zero attached hydrogens (tertiary/aromatic N) is 1. The normalized spacial score (nSPS) is 25.2. The molecule has 1 heterocycles. The Morgan fingerprint density at radius 1 is 1.32 bits per heavy atom. The molecule has 19 heavy (non-hydrogen) atoms. The van der Waals surface area contributed by atoms with Crippen molar-refractivity contribution in [2.75, 3.05) is 0 Å². The summed E-state index contributed by atoms with van der Waals surface area (Å²) in [5, 5.41) is 12.3. The first-order chi connectivity index (χ1) is 9.03. The molecule has 1 spiro atoms. The highest BCUT2D eigenvalue weighted by atomic mass is 79.9. The monoisotopic (exact) mass is 336 g/mol. The quantitative estimate of drug-likeness (QED) is 0.791. The van der Waals surface area contributed by atoms with Crippen LogP contribution in [-0.4, -0.2) is 11.4 Å². The van der Waals surface area contributed by atoms with E-state index in [2.05, 4.69) is 33.4 Å². The zero-order valence-electron chi connectivity index (χ0n) is 9.96. The predicted octanol–water partition coefficient (Wildman–Crippen LogP) is 2.82. The van der Waals surface area contributed by atoms with Crippen molar-refractivity contribution in [1.29, 1.82) is 5.26 Å². The summed E-state index contributed by atoms with van der Waals surface area (Å²) in [6.07, 6.45) is 2.04. The van der Waals surface area contributed by atoms with Crippen molar-refractivity contribution in [1.82, 2.24) is 5.32 Å². The van der Waals surface area contributed by atoms with Crippen LogP contribution in [0.3, 0.4) is 0 Å². The first kappa shape index (κ1) is 12.7. The summed E-state index contributed by atoms with van der Waals surface area (Å²) in [5.74, 6) is -0.356. The van der Waals surface area contributed by atoms with Gasteiger partial charge in [0.25, 0.3) is 5.91 Å². The van der Waals surface area contributed by atoms with Crippen LogP contribution >= 0.6 is 27.5 Å². The number of halogens is 2. The van der Waals surface area contributed by atoms with Crippen molar-refractivity contribution >= 4 is 33.4 Å². The molecule has 0 bridgehead atoms.